The number of amides is 1. The molecule has 4 nitrogen and oxygen atoms in total. The van der Waals surface area contributed by atoms with Gasteiger partial charge in [-0.1, -0.05) is 61.3 Å². The molecule has 6 heteroatoms. The molecule has 1 aliphatic heterocycles. The lowest BCUT2D eigenvalue weighted by Gasteiger charge is -2.48. The van der Waals surface area contributed by atoms with Crippen LogP contribution in [0.25, 0.3) is 0 Å². The fourth-order valence-electron chi connectivity index (χ4n) is 4.45. The normalized spacial score (nSPS) is 24.4. The van der Waals surface area contributed by atoms with Crippen molar-refractivity contribution in [3.8, 4) is 0 Å². The highest BCUT2D eigenvalue weighted by molar-refractivity contribution is 6.30. The minimum absolute atomic E-state index is 0.00233. The monoisotopic (exact) mass is 435 g/mol. The van der Waals surface area contributed by atoms with E-state index in [1.165, 1.54) is 0 Å². The molecule has 0 bridgehead atoms. The van der Waals surface area contributed by atoms with Crippen LogP contribution in [0.4, 0.5) is 0 Å². The smallest absolute Gasteiger partial charge is 0.226 e. The molecule has 3 rings (SSSR count). The molecule has 1 amide bonds. The van der Waals surface area contributed by atoms with Gasteiger partial charge in [-0.3, -0.25) is 4.79 Å². The SMILES string of the molecule is CC[C@@H]([C@@H](O)CO)N1C(=O)[C@H](C)C[C@H](c2cccc(Cl)c2)[C@H]1c1ccc(Cl)cc1. The topological polar surface area (TPSA) is 60.8 Å². The fourth-order valence-corrected chi connectivity index (χ4v) is 4.77. The minimum atomic E-state index is -1.01. The lowest BCUT2D eigenvalue weighted by atomic mass is 9.75. The second kappa shape index (κ2) is 9.48. The van der Waals surface area contributed by atoms with Gasteiger partial charge in [0.05, 0.1) is 24.8 Å². The van der Waals surface area contributed by atoms with Crippen LogP contribution in [0.15, 0.2) is 48.5 Å². The number of halogens is 2. The first-order valence-corrected chi connectivity index (χ1v) is 10.7. The molecule has 5 atom stereocenters. The molecule has 29 heavy (non-hydrogen) atoms. The standard InChI is InChI=1S/C23H27Cl2NO3/c1-3-20(21(28)13-27)26-22(15-7-9-17(24)10-8-15)19(11-14(2)23(26)29)16-5-4-6-18(25)12-16/h4-10,12,14,19-22,27-28H,3,11,13H2,1-2H3/t14-,19-,20+,21+,22-/m1/s1. The van der Waals surface area contributed by atoms with Crippen LogP contribution in [-0.2, 0) is 4.79 Å². The lowest BCUT2D eigenvalue weighted by molar-refractivity contribution is -0.150. The summed E-state index contributed by atoms with van der Waals surface area (Å²) >= 11 is 12.4. The number of aliphatic hydroxyl groups excluding tert-OH is 2. The third-order valence-electron chi connectivity index (χ3n) is 5.86. The first-order valence-electron chi connectivity index (χ1n) is 9.99. The van der Waals surface area contributed by atoms with Crippen LogP contribution in [0.2, 0.25) is 10.0 Å². The van der Waals surface area contributed by atoms with Gasteiger partial charge >= 0.3 is 0 Å². The molecule has 0 unspecified atom stereocenters. The van der Waals surface area contributed by atoms with Crippen LogP contribution in [0, 0.1) is 5.92 Å². The summed E-state index contributed by atoms with van der Waals surface area (Å²) in [6, 6.07) is 14.4. The first kappa shape index (κ1) is 22.1. The van der Waals surface area contributed by atoms with Gasteiger partial charge in [0, 0.05) is 21.9 Å². The van der Waals surface area contributed by atoms with Crippen molar-refractivity contribution in [1.29, 1.82) is 0 Å². The van der Waals surface area contributed by atoms with Crippen LogP contribution in [-0.4, -0.2) is 39.8 Å². The lowest BCUT2D eigenvalue weighted by Crippen LogP contribution is -2.55. The number of likely N-dealkylation sites (tertiary alicyclic amines) is 1. The second-order valence-electron chi connectivity index (χ2n) is 7.77. The van der Waals surface area contributed by atoms with E-state index in [4.69, 9.17) is 23.2 Å². The molecule has 2 N–H and O–H groups in total. The average Bonchev–Trinajstić information content (AvgIpc) is 2.72. The highest BCUT2D eigenvalue weighted by atomic mass is 35.5. The Bertz CT molecular complexity index is 842. The van der Waals surface area contributed by atoms with E-state index < -0.39 is 18.8 Å². The van der Waals surface area contributed by atoms with Crippen molar-refractivity contribution < 1.29 is 15.0 Å². The van der Waals surface area contributed by atoms with E-state index in [9.17, 15) is 15.0 Å². The van der Waals surface area contributed by atoms with Gasteiger partial charge in [-0.2, -0.15) is 0 Å². The number of nitrogens with zero attached hydrogens (tertiary/aromatic N) is 1. The Labute approximate surface area is 182 Å². The molecule has 1 aliphatic rings. The van der Waals surface area contributed by atoms with Gasteiger partial charge in [-0.25, -0.2) is 0 Å². The molecule has 1 heterocycles. The van der Waals surface area contributed by atoms with Crippen molar-refractivity contribution in [3.63, 3.8) is 0 Å². The van der Waals surface area contributed by atoms with Crippen molar-refractivity contribution in [2.24, 2.45) is 5.92 Å². The number of carbonyl (C=O) groups is 1. The van der Waals surface area contributed by atoms with Gasteiger partial charge in [0.25, 0.3) is 0 Å². The van der Waals surface area contributed by atoms with Crippen LogP contribution < -0.4 is 0 Å². The Hall–Kier alpha value is -1.59. The molecule has 0 saturated carbocycles. The molecule has 1 fully saturated rings. The molecule has 0 aliphatic carbocycles. The van der Waals surface area contributed by atoms with Crippen LogP contribution in [0.5, 0.6) is 0 Å². The molecule has 0 aromatic heterocycles. The van der Waals surface area contributed by atoms with Gasteiger partial charge in [0.1, 0.15) is 0 Å². The highest BCUT2D eigenvalue weighted by Crippen LogP contribution is 2.47. The van der Waals surface area contributed by atoms with Gasteiger partial charge in [0.2, 0.25) is 5.91 Å². The summed E-state index contributed by atoms with van der Waals surface area (Å²) in [4.78, 5) is 15.1. The molecular weight excluding hydrogens is 409 g/mol. The molecule has 2 aromatic rings. The molecule has 0 radical (unpaired) electrons. The Kier molecular flexibility index (Phi) is 7.23. The maximum atomic E-state index is 13.3. The summed E-state index contributed by atoms with van der Waals surface area (Å²) in [6.45, 7) is 3.44. The van der Waals surface area contributed by atoms with Crippen molar-refractivity contribution in [2.45, 2.75) is 50.8 Å². The summed E-state index contributed by atoms with van der Waals surface area (Å²) in [5, 5.41) is 21.4. The number of benzene rings is 2. The number of hydrogen-bond acceptors (Lipinski definition) is 3. The van der Waals surface area contributed by atoms with Crippen LogP contribution >= 0.6 is 23.2 Å². The van der Waals surface area contributed by atoms with E-state index in [2.05, 4.69) is 0 Å². The maximum absolute atomic E-state index is 13.3. The Balaban J connectivity index is 2.16. The van der Waals surface area contributed by atoms with E-state index in [1.54, 1.807) is 4.90 Å². The highest BCUT2D eigenvalue weighted by Gasteiger charge is 2.45. The minimum Gasteiger partial charge on any atom is -0.394 e. The fraction of sp³-hybridized carbons (Fsp3) is 0.435. The van der Waals surface area contributed by atoms with E-state index in [0.29, 0.717) is 22.9 Å². The Morgan fingerprint density at radius 1 is 1.10 bits per heavy atom. The molecule has 0 spiro atoms. The van der Waals surface area contributed by atoms with E-state index in [0.717, 1.165) is 11.1 Å². The number of hydrogen-bond donors (Lipinski definition) is 2. The van der Waals surface area contributed by atoms with E-state index in [-0.39, 0.29) is 23.8 Å². The first-order chi connectivity index (χ1) is 13.9. The summed E-state index contributed by atoms with van der Waals surface area (Å²) in [7, 11) is 0. The zero-order valence-corrected chi connectivity index (χ0v) is 18.1. The largest absolute Gasteiger partial charge is 0.394 e. The van der Waals surface area contributed by atoms with Gasteiger partial charge in [0.15, 0.2) is 0 Å². The Morgan fingerprint density at radius 2 is 1.79 bits per heavy atom. The zero-order chi connectivity index (χ0) is 21.1. The van der Waals surface area contributed by atoms with E-state index in [1.807, 2.05) is 62.4 Å². The van der Waals surface area contributed by atoms with Crippen LogP contribution in [0.3, 0.4) is 0 Å². The zero-order valence-electron chi connectivity index (χ0n) is 16.6. The van der Waals surface area contributed by atoms with Crippen molar-refractivity contribution in [2.75, 3.05) is 6.61 Å². The Morgan fingerprint density at radius 3 is 2.38 bits per heavy atom. The second-order valence-corrected chi connectivity index (χ2v) is 8.64. The summed E-state index contributed by atoms with van der Waals surface area (Å²) in [6.07, 6.45) is 0.199. The maximum Gasteiger partial charge on any atom is 0.226 e. The predicted octanol–water partition coefficient (Wildman–Crippen LogP) is 4.82. The van der Waals surface area contributed by atoms with E-state index >= 15 is 0 Å². The van der Waals surface area contributed by atoms with Gasteiger partial charge in [-0.15, -0.1) is 0 Å². The molecule has 2 aromatic carbocycles. The van der Waals surface area contributed by atoms with Crippen molar-refractivity contribution >= 4 is 29.1 Å². The average molecular weight is 436 g/mol. The third kappa shape index (κ3) is 4.61. The number of carbonyl (C=O) groups excluding carboxylic acids is 1. The predicted molar refractivity (Wildman–Crippen MR) is 116 cm³/mol. The summed E-state index contributed by atoms with van der Waals surface area (Å²) < 4.78 is 0. The number of piperidine rings is 1. The third-order valence-corrected chi connectivity index (χ3v) is 6.35. The number of aliphatic hydroxyl groups is 2. The van der Waals surface area contributed by atoms with Crippen molar-refractivity contribution in [1.82, 2.24) is 4.90 Å². The van der Waals surface area contributed by atoms with Crippen LogP contribution in [0.1, 0.15) is 49.8 Å². The summed E-state index contributed by atoms with van der Waals surface area (Å²) in [5.74, 6) is -0.215. The number of rotatable bonds is 6. The quantitative estimate of drug-likeness (QED) is 0.683. The van der Waals surface area contributed by atoms with Gasteiger partial charge in [-0.05, 0) is 48.2 Å². The molecular formula is C23H27Cl2NO3. The van der Waals surface area contributed by atoms with Crippen molar-refractivity contribution in [3.05, 3.63) is 69.7 Å². The van der Waals surface area contributed by atoms with Gasteiger partial charge < -0.3 is 15.1 Å². The molecule has 156 valence electrons. The molecule has 1 saturated heterocycles. The summed E-state index contributed by atoms with van der Waals surface area (Å²) in [5.41, 5.74) is 2.00.